The normalized spacial score (nSPS) is 11.4. The van der Waals surface area contributed by atoms with E-state index in [4.69, 9.17) is 14.2 Å². The molecule has 0 aliphatic heterocycles. The summed E-state index contributed by atoms with van der Waals surface area (Å²) < 4.78 is 20.9. The van der Waals surface area contributed by atoms with Crippen LogP contribution < -0.4 is 0 Å². The maximum absolute atomic E-state index is 12.2. The molecule has 0 bridgehead atoms. The number of thioether (sulfide) groups is 2. The number of rotatable bonds is 5. The van der Waals surface area contributed by atoms with Crippen LogP contribution in [0, 0.1) is 13.8 Å². The number of aromatic nitrogens is 5. The van der Waals surface area contributed by atoms with Gasteiger partial charge in [0, 0.05) is 75.0 Å². The number of carbonyl (C=O) groups excluding carboxylic acids is 3. The Morgan fingerprint density at radius 2 is 0.803 bits per heavy atom. The fraction of sp³-hybridized carbons (Fsp3) is 0.306. The average molecular weight is 1130 g/mol. The third-order valence-electron chi connectivity index (χ3n) is 11.5. The molecular formula is C62H72BrN5O6S2. The van der Waals surface area contributed by atoms with E-state index in [-0.39, 0.29) is 18.3 Å². The van der Waals surface area contributed by atoms with E-state index >= 15 is 0 Å². The quantitative estimate of drug-likeness (QED) is 0.129. The molecule has 0 fully saturated rings. The molecule has 0 unspecified atom stereocenters. The van der Waals surface area contributed by atoms with Gasteiger partial charge in [-0.3, -0.25) is 13.7 Å². The summed E-state index contributed by atoms with van der Waals surface area (Å²) in [6, 6.07) is 40.7. The minimum absolute atomic E-state index is 0.323. The molecule has 0 radical (unpaired) electrons. The standard InChI is InChI=1S/C15H19NO2S.C14H16BrNO2.C14H17NO2.C10H11NS.C9H9N/c1-15(2,3)18-14(17)16-9-8-11-6-5-7-12(10-19-4)13(11)16;1-14(2,3)18-13(17)16-8-7-10-5-4-6-11(9-15)12(10)16;1-10-6-5-7-11-8-9-15(12(10)11)13(16)17-14(2,3)4;1-12-7-9-4-2-3-8-5-6-11-10(8)9;1-7-3-2-4-8-5-6-10-9(7)8/h5-9H,10H2,1-4H3;4-8H,9H2,1-3H3;5-9H,1-4H3;2-6,11H,7H2,1H3;2-6,10H,1H3. The first-order valence-corrected chi connectivity index (χ1v) is 29.0. The number of fused-ring (bicyclic) bond motifs is 5. The van der Waals surface area contributed by atoms with Gasteiger partial charge in [0.05, 0.1) is 16.6 Å². The highest BCUT2D eigenvalue weighted by atomic mass is 79.9. The number of nitrogens with zero attached hydrogens (tertiary/aromatic N) is 3. The number of alkyl halides is 1. The largest absolute Gasteiger partial charge is 0.443 e. The van der Waals surface area contributed by atoms with Crippen LogP contribution >= 0.6 is 39.5 Å². The molecule has 5 aromatic carbocycles. The van der Waals surface area contributed by atoms with Crippen LogP contribution in [-0.2, 0) is 31.0 Å². The van der Waals surface area contributed by atoms with Crippen LogP contribution in [0.25, 0.3) is 54.5 Å². The summed E-state index contributed by atoms with van der Waals surface area (Å²) in [7, 11) is 0. The molecule has 10 rings (SSSR count). The molecule has 2 N–H and O–H groups in total. The van der Waals surface area contributed by atoms with Gasteiger partial charge in [0.15, 0.2) is 0 Å². The highest BCUT2D eigenvalue weighted by molar-refractivity contribution is 9.08. The summed E-state index contributed by atoms with van der Waals surface area (Å²) >= 11 is 7.04. The van der Waals surface area contributed by atoms with Crippen LogP contribution in [0.4, 0.5) is 14.4 Å². The van der Waals surface area contributed by atoms with Gasteiger partial charge in [-0.25, -0.2) is 14.4 Å². The Labute approximate surface area is 464 Å². The molecule has 0 saturated heterocycles. The van der Waals surface area contributed by atoms with Crippen molar-refractivity contribution in [2.45, 2.75) is 110 Å². The predicted molar refractivity (Wildman–Crippen MR) is 324 cm³/mol. The van der Waals surface area contributed by atoms with E-state index in [2.05, 4.69) is 99.9 Å². The Hall–Kier alpha value is -6.61. The average Bonchev–Trinajstić information content (AvgIpc) is 4.21. The topological polar surface area (TPSA) is 125 Å². The summed E-state index contributed by atoms with van der Waals surface area (Å²) in [6.45, 7) is 20.9. The number of halogens is 1. The number of H-pyrrole nitrogens is 2. The molecule has 0 aliphatic carbocycles. The Bertz CT molecular complexity index is 3540. The van der Waals surface area contributed by atoms with E-state index < -0.39 is 16.8 Å². The number of carbonyl (C=O) groups is 3. The lowest BCUT2D eigenvalue weighted by Gasteiger charge is -2.20. The second kappa shape index (κ2) is 26.0. The molecular weight excluding hydrogens is 1050 g/mol. The highest BCUT2D eigenvalue weighted by Crippen LogP contribution is 2.27. The first-order valence-electron chi connectivity index (χ1n) is 25.1. The van der Waals surface area contributed by atoms with E-state index in [1.807, 2.05) is 160 Å². The summed E-state index contributed by atoms with van der Waals surface area (Å²) in [6.07, 6.45) is 12.4. The number of nitrogens with one attached hydrogen (secondary N) is 2. The van der Waals surface area contributed by atoms with Gasteiger partial charge in [-0.1, -0.05) is 107 Å². The fourth-order valence-electron chi connectivity index (χ4n) is 8.35. The van der Waals surface area contributed by atoms with Crippen molar-refractivity contribution in [3.05, 3.63) is 180 Å². The Kier molecular flexibility index (Phi) is 20.0. The van der Waals surface area contributed by atoms with Crippen molar-refractivity contribution in [3.63, 3.8) is 0 Å². The van der Waals surface area contributed by atoms with Gasteiger partial charge in [-0.15, -0.1) is 0 Å². The zero-order valence-electron chi connectivity index (χ0n) is 46.0. The van der Waals surface area contributed by atoms with Crippen LogP contribution in [0.5, 0.6) is 0 Å². The van der Waals surface area contributed by atoms with Crippen molar-refractivity contribution in [2.75, 3.05) is 12.5 Å². The van der Waals surface area contributed by atoms with Gasteiger partial charge in [0.25, 0.3) is 0 Å². The zero-order chi connectivity index (χ0) is 55.4. The van der Waals surface area contributed by atoms with Gasteiger partial charge < -0.3 is 24.2 Å². The number of aryl methyl sites for hydroxylation is 2. The van der Waals surface area contributed by atoms with E-state index in [0.717, 1.165) is 60.9 Å². The van der Waals surface area contributed by atoms with Crippen molar-refractivity contribution in [2.24, 2.45) is 0 Å². The van der Waals surface area contributed by atoms with E-state index in [0.29, 0.717) is 5.33 Å². The van der Waals surface area contributed by atoms with Crippen LogP contribution in [-0.4, -0.2) is 71.3 Å². The lowest BCUT2D eigenvalue weighted by Crippen LogP contribution is -2.26. The Balaban J connectivity index is 0.000000157. The van der Waals surface area contributed by atoms with Crippen molar-refractivity contribution < 1.29 is 28.6 Å². The third kappa shape index (κ3) is 15.7. The predicted octanol–water partition coefficient (Wildman–Crippen LogP) is 17.8. The second-order valence-electron chi connectivity index (χ2n) is 21.1. The molecule has 400 valence electrons. The summed E-state index contributed by atoms with van der Waals surface area (Å²) in [5.74, 6) is 1.96. The number of benzene rings is 5. The lowest BCUT2D eigenvalue weighted by molar-refractivity contribution is 0.0533. The van der Waals surface area contributed by atoms with Crippen molar-refractivity contribution in [3.8, 4) is 0 Å². The van der Waals surface area contributed by atoms with Gasteiger partial charge in [0.1, 0.15) is 16.8 Å². The molecule has 0 amide bonds. The van der Waals surface area contributed by atoms with Gasteiger partial charge in [-0.2, -0.15) is 23.5 Å². The number of hydrogen-bond donors (Lipinski definition) is 2. The number of ether oxygens (including phenoxy) is 3. The summed E-state index contributed by atoms with van der Waals surface area (Å²) in [4.78, 5) is 42.8. The van der Waals surface area contributed by atoms with Crippen LogP contribution in [0.2, 0.25) is 0 Å². The molecule has 5 heterocycles. The van der Waals surface area contributed by atoms with E-state index in [1.54, 1.807) is 44.1 Å². The fourth-order valence-corrected chi connectivity index (χ4v) is 9.90. The lowest BCUT2D eigenvalue weighted by atomic mass is 10.2. The van der Waals surface area contributed by atoms with Crippen molar-refractivity contribution in [1.82, 2.24) is 23.7 Å². The first kappa shape index (κ1) is 58.6. The minimum atomic E-state index is -0.489. The Morgan fingerprint density at radius 1 is 0.447 bits per heavy atom. The maximum atomic E-state index is 12.2. The molecule has 14 heteroatoms. The smallest absolute Gasteiger partial charge is 0.419 e. The maximum Gasteiger partial charge on any atom is 0.419 e. The van der Waals surface area contributed by atoms with Crippen LogP contribution in [0.15, 0.2) is 152 Å². The van der Waals surface area contributed by atoms with Crippen molar-refractivity contribution >= 4 is 112 Å². The Morgan fingerprint density at radius 3 is 1.25 bits per heavy atom. The molecule has 0 spiro atoms. The molecule has 10 aromatic rings. The van der Waals surface area contributed by atoms with Gasteiger partial charge in [-0.05, 0) is 158 Å². The molecule has 0 saturated carbocycles. The molecule has 5 aromatic heterocycles. The summed E-state index contributed by atoms with van der Waals surface area (Å²) in [5.41, 5.74) is 9.86. The summed E-state index contributed by atoms with van der Waals surface area (Å²) in [5, 5.41) is 6.46. The monoisotopic (exact) mass is 1130 g/mol. The minimum Gasteiger partial charge on any atom is -0.443 e. The first-order chi connectivity index (χ1) is 36.0. The molecule has 76 heavy (non-hydrogen) atoms. The van der Waals surface area contributed by atoms with E-state index in [9.17, 15) is 14.4 Å². The second-order valence-corrected chi connectivity index (χ2v) is 23.4. The van der Waals surface area contributed by atoms with E-state index in [1.165, 1.54) is 32.9 Å². The van der Waals surface area contributed by atoms with Crippen LogP contribution in [0.1, 0.15) is 90.1 Å². The SMILES string of the molecule is CC(C)(C)OC(=O)n1ccc2cccc(CBr)c21.CSCc1cccc2cc[nH]c12.CSCc1cccc2ccn(C(=O)OC(C)(C)C)c12.Cc1cccc2cc[nH]c12.Cc1cccc2ccn(C(=O)OC(C)(C)C)c12. The zero-order valence-corrected chi connectivity index (χ0v) is 49.3. The van der Waals surface area contributed by atoms with Gasteiger partial charge in [0.2, 0.25) is 0 Å². The molecule has 0 aliphatic rings. The third-order valence-corrected chi connectivity index (χ3v) is 13.3. The van der Waals surface area contributed by atoms with Gasteiger partial charge >= 0.3 is 18.3 Å². The van der Waals surface area contributed by atoms with Crippen LogP contribution in [0.3, 0.4) is 0 Å². The number of hydrogen-bond acceptors (Lipinski definition) is 8. The molecule has 0 atom stereocenters. The highest BCUT2D eigenvalue weighted by Gasteiger charge is 2.22. The number of aromatic amines is 2. The number of para-hydroxylation sites is 5. The molecule has 11 nitrogen and oxygen atoms in total. The van der Waals surface area contributed by atoms with Crippen molar-refractivity contribution in [1.29, 1.82) is 0 Å².